The van der Waals surface area contributed by atoms with Crippen LogP contribution in [0.25, 0.3) is 0 Å². The molecule has 2 aromatic heterocycles. The quantitative estimate of drug-likeness (QED) is 0.896. The van der Waals surface area contributed by atoms with Gasteiger partial charge in [-0.3, -0.25) is 0 Å². The number of pyridine rings is 1. The lowest BCUT2D eigenvalue weighted by Crippen LogP contribution is -2.18. The van der Waals surface area contributed by atoms with Gasteiger partial charge in [0.05, 0.1) is 6.26 Å². The number of hydrogen-bond acceptors (Lipinski definition) is 4. The molecule has 4 heteroatoms. The Bertz CT molecular complexity index is 518. The molecular formula is C15H21N3O. The van der Waals surface area contributed by atoms with Crippen LogP contribution in [0.5, 0.6) is 0 Å². The zero-order valence-corrected chi connectivity index (χ0v) is 12.0. The maximum Gasteiger partial charge on any atom is 0.128 e. The molecule has 0 bridgehead atoms. The van der Waals surface area contributed by atoms with Crippen LogP contribution in [0.4, 0.5) is 5.82 Å². The first kappa shape index (κ1) is 13.6. The van der Waals surface area contributed by atoms with Gasteiger partial charge in [-0.15, -0.1) is 0 Å². The predicted molar refractivity (Wildman–Crippen MR) is 77.3 cm³/mol. The molecule has 0 amide bonds. The van der Waals surface area contributed by atoms with Crippen molar-refractivity contribution in [3.63, 3.8) is 0 Å². The molecule has 1 N–H and O–H groups in total. The molecule has 1 atom stereocenters. The second kappa shape index (κ2) is 5.89. The molecule has 1 unspecified atom stereocenters. The lowest BCUT2D eigenvalue weighted by atomic mass is 10.1. The molecule has 0 aromatic carbocycles. The molecule has 4 nitrogen and oxygen atoms in total. The van der Waals surface area contributed by atoms with Crippen LogP contribution in [0.1, 0.15) is 29.9 Å². The number of anilines is 1. The second-order valence-corrected chi connectivity index (χ2v) is 4.82. The summed E-state index contributed by atoms with van der Waals surface area (Å²) in [6.07, 6.45) is 3.65. The van der Waals surface area contributed by atoms with Crippen molar-refractivity contribution in [2.45, 2.75) is 26.4 Å². The van der Waals surface area contributed by atoms with Crippen LogP contribution in [-0.4, -0.2) is 19.1 Å². The molecule has 2 heterocycles. The third-order valence-corrected chi connectivity index (χ3v) is 3.47. The number of hydrogen-bond donors (Lipinski definition) is 1. The van der Waals surface area contributed by atoms with Gasteiger partial charge >= 0.3 is 0 Å². The largest absolute Gasteiger partial charge is 0.469 e. The van der Waals surface area contributed by atoms with E-state index in [-0.39, 0.29) is 0 Å². The van der Waals surface area contributed by atoms with Gasteiger partial charge in [0.25, 0.3) is 0 Å². The number of aryl methyl sites for hydroxylation is 1. The Morgan fingerprint density at radius 3 is 2.68 bits per heavy atom. The van der Waals surface area contributed by atoms with E-state index in [1.54, 1.807) is 6.26 Å². The number of aromatic nitrogens is 1. The molecular weight excluding hydrogens is 238 g/mol. The van der Waals surface area contributed by atoms with E-state index in [2.05, 4.69) is 34.3 Å². The zero-order valence-electron chi connectivity index (χ0n) is 12.0. The van der Waals surface area contributed by atoms with Crippen molar-refractivity contribution in [2.24, 2.45) is 0 Å². The minimum atomic E-state index is 0.322. The highest BCUT2D eigenvalue weighted by Gasteiger charge is 2.08. The third kappa shape index (κ3) is 3.15. The number of rotatable bonds is 5. The van der Waals surface area contributed by atoms with Crippen molar-refractivity contribution in [3.8, 4) is 0 Å². The van der Waals surface area contributed by atoms with Crippen LogP contribution >= 0.6 is 0 Å². The van der Waals surface area contributed by atoms with Crippen molar-refractivity contribution < 1.29 is 4.42 Å². The maximum atomic E-state index is 5.31. The van der Waals surface area contributed by atoms with E-state index in [1.165, 1.54) is 11.1 Å². The highest BCUT2D eigenvalue weighted by atomic mass is 16.3. The van der Waals surface area contributed by atoms with Gasteiger partial charge in [0.15, 0.2) is 0 Å². The second-order valence-electron chi connectivity index (χ2n) is 4.82. The average molecular weight is 259 g/mol. The Kier molecular flexibility index (Phi) is 4.22. The van der Waals surface area contributed by atoms with Crippen molar-refractivity contribution >= 4 is 5.82 Å². The molecule has 0 aliphatic heterocycles. The normalized spacial score (nSPS) is 12.4. The van der Waals surface area contributed by atoms with Crippen LogP contribution in [0.2, 0.25) is 0 Å². The Balaban J connectivity index is 2.07. The van der Waals surface area contributed by atoms with Gasteiger partial charge in [0.2, 0.25) is 0 Å². The van der Waals surface area contributed by atoms with Crippen LogP contribution in [0.3, 0.4) is 0 Å². The number of furan rings is 1. The molecule has 0 saturated heterocycles. The molecule has 2 rings (SSSR count). The Hall–Kier alpha value is -1.81. The highest BCUT2D eigenvalue weighted by molar-refractivity contribution is 5.40. The summed E-state index contributed by atoms with van der Waals surface area (Å²) in [5, 5.41) is 3.21. The number of nitrogens with one attached hydrogen (secondary N) is 1. The van der Waals surface area contributed by atoms with Gasteiger partial charge < -0.3 is 14.6 Å². The first-order valence-corrected chi connectivity index (χ1v) is 6.49. The van der Waals surface area contributed by atoms with E-state index in [1.807, 2.05) is 33.3 Å². The van der Waals surface area contributed by atoms with E-state index in [9.17, 15) is 0 Å². The number of nitrogens with zero attached hydrogens (tertiary/aromatic N) is 2. The van der Waals surface area contributed by atoms with E-state index >= 15 is 0 Å². The lowest BCUT2D eigenvalue weighted by Gasteiger charge is -2.19. The summed E-state index contributed by atoms with van der Waals surface area (Å²) in [5.41, 5.74) is 2.39. The van der Waals surface area contributed by atoms with E-state index in [0.29, 0.717) is 6.04 Å². The summed E-state index contributed by atoms with van der Waals surface area (Å²) in [4.78, 5) is 6.63. The third-order valence-electron chi connectivity index (χ3n) is 3.47. The minimum Gasteiger partial charge on any atom is -0.469 e. The maximum absolute atomic E-state index is 5.31. The molecule has 0 radical (unpaired) electrons. The lowest BCUT2D eigenvalue weighted by molar-refractivity contribution is 0.529. The summed E-state index contributed by atoms with van der Waals surface area (Å²) < 4.78 is 5.31. The van der Waals surface area contributed by atoms with E-state index in [4.69, 9.17) is 4.42 Å². The first-order chi connectivity index (χ1) is 9.11. The average Bonchev–Trinajstić information content (AvgIpc) is 2.83. The fourth-order valence-electron chi connectivity index (χ4n) is 1.96. The zero-order chi connectivity index (χ0) is 13.8. The Labute approximate surface area is 114 Å². The summed E-state index contributed by atoms with van der Waals surface area (Å²) in [6, 6.07) is 6.49. The van der Waals surface area contributed by atoms with Gasteiger partial charge in [-0.05, 0) is 38.6 Å². The van der Waals surface area contributed by atoms with Crippen LogP contribution in [-0.2, 0) is 6.54 Å². The minimum absolute atomic E-state index is 0.322. The van der Waals surface area contributed by atoms with Gasteiger partial charge in [-0.25, -0.2) is 4.98 Å². The molecule has 0 saturated carbocycles. The van der Waals surface area contributed by atoms with Gasteiger partial charge in [0.1, 0.15) is 11.6 Å². The van der Waals surface area contributed by atoms with Crippen LogP contribution < -0.4 is 10.2 Å². The monoisotopic (exact) mass is 259 g/mol. The molecule has 0 spiro atoms. The molecule has 0 fully saturated rings. The fourth-order valence-corrected chi connectivity index (χ4v) is 1.96. The SMILES string of the molecule is CNC(C)c1ccc(N(C)Cc2ccoc2C)nc1. The topological polar surface area (TPSA) is 41.3 Å². The summed E-state index contributed by atoms with van der Waals surface area (Å²) in [7, 11) is 3.99. The van der Waals surface area contributed by atoms with E-state index < -0.39 is 0 Å². The highest BCUT2D eigenvalue weighted by Crippen LogP contribution is 2.18. The van der Waals surface area contributed by atoms with Gasteiger partial charge in [-0.2, -0.15) is 0 Å². The van der Waals surface area contributed by atoms with Crippen molar-refractivity contribution in [1.29, 1.82) is 0 Å². The van der Waals surface area contributed by atoms with Crippen molar-refractivity contribution in [2.75, 3.05) is 19.0 Å². The Morgan fingerprint density at radius 1 is 1.37 bits per heavy atom. The summed E-state index contributed by atoms with van der Waals surface area (Å²) >= 11 is 0. The molecule has 0 aliphatic carbocycles. The van der Waals surface area contributed by atoms with Crippen LogP contribution in [0, 0.1) is 6.92 Å². The smallest absolute Gasteiger partial charge is 0.128 e. The summed E-state index contributed by atoms with van der Waals surface area (Å²) in [6.45, 7) is 4.90. The fraction of sp³-hybridized carbons (Fsp3) is 0.400. The van der Waals surface area contributed by atoms with Gasteiger partial charge in [0, 0.05) is 31.4 Å². The van der Waals surface area contributed by atoms with Crippen LogP contribution in [0.15, 0.2) is 35.1 Å². The predicted octanol–water partition coefficient (Wildman–Crippen LogP) is 2.90. The Morgan fingerprint density at radius 2 is 2.16 bits per heavy atom. The molecule has 0 aliphatic rings. The molecule has 102 valence electrons. The van der Waals surface area contributed by atoms with E-state index in [0.717, 1.165) is 18.1 Å². The molecule has 19 heavy (non-hydrogen) atoms. The standard InChI is InChI=1S/C15H21N3O/c1-11(16-3)13-5-6-15(17-9-13)18(4)10-14-7-8-19-12(14)2/h5-9,11,16H,10H2,1-4H3. The van der Waals surface area contributed by atoms with Gasteiger partial charge in [-0.1, -0.05) is 6.07 Å². The van der Waals surface area contributed by atoms with Crippen molar-refractivity contribution in [3.05, 3.63) is 47.5 Å². The van der Waals surface area contributed by atoms with Crippen molar-refractivity contribution in [1.82, 2.24) is 10.3 Å². The first-order valence-electron chi connectivity index (χ1n) is 6.49. The summed E-state index contributed by atoms with van der Waals surface area (Å²) in [5.74, 6) is 1.93. The molecule has 2 aromatic rings.